The number of benzene rings is 2. The number of hydrogen-bond acceptors (Lipinski definition) is 4. The maximum absolute atomic E-state index is 13.0. The second-order valence-corrected chi connectivity index (χ2v) is 9.54. The van der Waals surface area contributed by atoms with E-state index in [1.165, 1.54) is 11.1 Å². The molecule has 0 radical (unpaired) electrons. The fourth-order valence-electron chi connectivity index (χ4n) is 5.12. The summed E-state index contributed by atoms with van der Waals surface area (Å²) in [5.41, 5.74) is 3.69. The van der Waals surface area contributed by atoms with Crippen LogP contribution in [-0.4, -0.2) is 54.2 Å². The average molecular weight is 465 g/mol. The van der Waals surface area contributed by atoms with Crippen LogP contribution in [0.1, 0.15) is 50.2 Å². The molecule has 2 amide bonds. The topological polar surface area (TPSA) is 95.9 Å². The van der Waals surface area contributed by atoms with Gasteiger partial charge in [0.25, 0.3) is 0 Å². The van der Waals surface area contributed by atoms with Crippen LogP contribution in [0, 0.1) is 11.3 Å². The zero-order valence-corrected chi connectivity index (χ0v) is 19.8. The molecule has 0 aromatic heterocycles. The highest BCUT2D eigenvalue weighted by molar-refractivity contribution is 5.82. The van der Waals surface area contributed by atoms with Gasteiger partial charge in [-0.3, -0.25) is 9.59 Å². The van der Waals surface area contributed by atoms with E-state index >= 15 is 0 Å². The summed E-state index contributed by atoms with van der Waals surface area (Å²) in [6.07, 6.45) is 1.20. The van der Waals surface area contributed by atoms with E-state index in [4.69, 9.17) is 4.74 Å². The monoisotopic (exact) mass is 464 g/mol. The molecule has 2 aromatic carbocycles. The van der Waals surface area contributed by atoms with Crippen molar-refractivity contribution in [1.82, 2.24) is 10.2 Å². The predicted octanol–water partition coefficient (Wildman–Crippen LogP) is 4.26. The molecule has 2 aromatic rings. The predicted molar refractivity (Wildman–Crippen MR) is 128 cm³/mol. The van der Waals surface area contributed by atoms with Gasteiger partial charge in [-0.15, -0.1) is 0 Å². The van der Waals surface area contributed by atoms with Gasteiger partial charge in [0.05, 0.1) is 11.3 Å². The van der Waals surface area contributed by atoms with Crippen LogP contribution in [0.25, 0.3) is 11.1 Å². The lowest BCUT2D eigenvalue weighted by Crippen LogP contribution is -2.51. The Morgan fingerprint density at radius 1 is 1.12 bits per heavy atom. The maximum Gasteiger partial charge on any atom is 0.407 e. The average Bonchev–Trinajstić information content (AvgIpc) is 3.16. The fraction of sp³-hybridized carbons (Fsp3) is 0.444. The Hall–Kier alpha value is -3.35. The molecule has 1 aliphatic heterocycles. The lowest BCUT2D eigenvalue weighted by Gasteiger charge is -2.39. The largest absolute Gasteiger partial charge is 0.481 e. The summed E-state index contributed by atoms with van der Waals surface area (Å²) >= 11 is 0. The minimum absolute atomic E-state index is 0.0243. The number of aliphatic carboxylic acids is 1. The number of carbonyl (C=O) groups excluding carboxylic acids is 2. The van der Waals surface area contributed by atoms with Crippen LogP contribution < -0.4 is 5.32 Å². The van der Waals surface area contributed by atoms with Crippen molar-refractivity contribution in [3.63, 3.8) is 0 Å². The number of alkyl carbamates (subject to hydrolysis) is 1. The van der Waals surface area contributed by atoms with Gasteiger partial charge in [0, 0.05) is 25.6 Å². The van der Waals surface area contributed by atoms with Gasteiger partial charge in [0.15, 0.2) is 0 Å². The number of nitrogens with zero attached hydrogens (tertiary/aromatic N) is 1. The number of carbonyl (C=O) groups is 3. The van der Waals surface area contributed by atoms with Gasteiger partial charge in [-0.25, -0.2) is 4.79 Å². The lowest BCUT2D eigenvalue weighted by atomic mass is 9.81. The van der Waals surface area contributed by atoms with Crippen LogP contribution in [0.4, 0.5) is 4.79 Å². The molecule has 2 aliphatic rings. The molecule has 0 saturated carbocycles. The number of carboxylic acids is 1. The number of hydrogen-bond donors (Lipinski definition) is 2. The highest BCUT2D eigenvalue weighted by atomic mass is 16.5. The molecule has 1 saturated heterocycles. The number of carboxylic acid groups (broad SMARTS) is 1. The van der Waals surface area contributed by atoms with E-state index in [-0.39, 0.29) is 31.5 Å². The molecule has 0 bridgehead atoms. The van der Waals surface area contributed by atoms with Crippen molar-refractivity contribution in [3.05, 3.63) is 59.7 Å². The molecule has 180 valence electrons. The summed E-state index contributed by atoms with van der Waals surface area (Å²) in [6, 6.07) is 16.3. The summed E-state index contributed by atoms with van der Waals surface area (Å²) in [7, 11) is 0. The summed E-state index contributed by atoms with van der Waals surface area (Å²) in [4.78, 5) is 38.8. The minimum atomic E-state index is -0.924. The second-order valence-electron chi connectivity index (χ2n) is 9.54. The van der Waals surface area contributed by atoms with Gasteiger partial charge in [-0.05, 0) is 48.4 Å². The fourth-order valence-corrected chi connectivity index (χ4v) is 5.12. The molecule has 34 heavy (non-hydrogen) atoms. The third kappa shape index (κ3) is 4.65. The van der Waals surface area contributed by atoms with E-state index in [2.05, 4.69) is 29.6 Å². The van der Waals surface area contributed by atoms with Crippen molar-refractivity contribution in [3.8, 4) is 11.1 Å². The molecule has 2 atom stereocenters. The number of amides is 2. The smallest absolute Gasteiger partial charge is 0.407 e. The molecule has 2 N–H and O–H groups in total. The van der Waals surface area contributed by atoms with Crippen molar-refractivity contribution < 1.29 is 24.2 Å². The SMILES string of the molecule is CCC(CNC(=O)OCC1c2ccccc2-c2ccccc21)C(=O)N1CCCC(C)(C(=O)O)C1. The second kappa shape index (κ2) is 9.87. The Bertz CT molecular complexity index is 1040. The van der Waals surface area contributed by atoms with Crippen molar-refractivity contribution >= 4 is 18.0 Å². The van der Waals surface area contributed by atoms with E-state index < -0.39 is 23.4 Å². The first-order valence-corrected chi connectivity index (χ1v) is 11.9. The van der Waals surface area contributed by atoms with Crippen LogP contribution in [0.15, 0.2) is 48.5 Å². The van der Waals surface area contributed by atoms with Crippen molar-refractivity contribution in [1.29, 1.82) is 0 Å². The molecule has 1 aliphatic carbocycles. The summed E-state index contributed by atoms with van der Waals surface area (Å²) in [6.45, 7) is 4.69. The summed E-state index contributed by atoms with van der Waals surface area (Å²) in [5.74, 6) is -1.44. The van der Waals surface area contributed by atoms with Gasteiger partial charge in [-0.1, -0.05) is 55.5 Å². The Labute approximate surface area is 200 Å². The molecular weight excluding hydrogens is 432 g/mol. The lowest BCUT2D eigenvalue weighted by molar-refractivity contribution is -0.154. The zero-order valence-electron chi connectivity index (χ0n) is 19.8. The van der Waals surface area contributed by atoms with Crippen LogP contribution in [-0.2, 0) is 14.3 Å². The molecule has 1 fully saturated rings. The normalized spacial score (nSPS) is 20.2. The molecule has 4 rings (SSSR count). The number of likely N-dealkylation sites (tertiary alicyclic amines) is 1. The van der Waals surface area contributed by atoms with Crippen LogP contribution in [0.2, 0.25) is 0 Å². The number of piperidine rings is 1. The van der Waals surface area contributed by atoms with E-state index in [1.54, 1.807) is 11.8 Å². The highest BCUT2D eigenvalue weighted by Gasteiger charge is 2.40. The maximum atomic E-state index is 13.0. The standard InChI is InChI=1S/C27H32N2O5/c1-3-18(24(30)29-14-8-13-27(2,17-29)25(31)32)15-28-26(33)34-16-23-21-11-6-4-9-19(21)20-10-5-7-12-22(20)23/h4-7,9-12,18,23H,3,8,13-17H2,1-2H3,(H,28,33)(H,31,32). The molecular formula is C27H32N2O5. The zero-order chi connectivity index (χ0) is 24.3. The number of ether oxygens (including phenoxy) is 1. The molecule has 2 unspecified atom stereocenters. The van der Waals surface area contributed by atoms with Crippen LogP contribution >= 0.6 is 0 Å². The number of fused-ring (bicyclic) bond motifs is 3. The van der Waals surface area contributed by atoms with Gasteiger partial charge < -0.3 is 20.1 Å². The Morgan fingerprint density at radius 2 is 1.74 bits per heavy atom. The Kier molecular flexibility index (Phi) is 6.91. The van der Waals surface area contributed by atoms with Crippen LogP contribution in [0.5, 0.6) is 0 Å². The van der Waals surface area contributed by atoms with Gasteiger partial charge >= 0.3 is 12.1 Å². The van der Waals surface area contributed by atoms with Gasteiger partial charge in [0.2, 0.25) is 5.91 Å². The van der Waals surface area contributed by atoms with Crippen molar-refractivity contribution in [2.75, 3.05) is 26.2 Å². The third-order valence-electron chi connectivity index (χ3n) is 7.20. The number of nitrogens with one attached hydrogen (secondary N) is 1. The molecule has 7 nitrogen and oxygen atoms in total. The van der Waals surface area contributed by atoms with Gasteiger partial charge in [-0.2, -0.15) is 0 Å². The molecule has 0 spiro atoms. The van der Waals surface area contributed by atoms with Gasteiger partial charge in [0.1, 0.15) is 6.61 Å². The first-order chi connectivity index (χ1) is 16.3. The van der Waals surface area contributed by atoms with E-state index in [1.807, 2.05) is 31.2 Å². The van der Waals surface area contributed by atoms with Crippen molar-refractivity contribution in [2.45, 2.75) is 39.0 Å². The van der Waals surface area contributed by atoms with E-state index in [0.29, 0.717) is 25.8 Å². The minimum Gasteiger partial charge on any atom is -0.481 e. The van der Waals surface area contributed by atoms with Crippen molar-refractivity contribution in [2.24, 2.45) is 11.3 Å². The quantitative estimate of drug-likeness (QED) is 0.638. The summed E-state index contributed by atoms with van der Waals surface area (Å²) in [5, 5.41) is 12.3. The Balaban J connectivity index is 1.33. The molecule has 1 heterocycles. The van der Waals surface area contributed by atoms with E-state index in [9.17, 15) is 19.5 Å². The molecule has 7 heteroatoms. The summed E-state index contributed by atoms with van der Waals surface area (Å²) < 4.78 is 5.57. The van der Waals surface area contributed by atoms with E-state index in [0.717, 1.165) is 11.1 Å². The number of rotatable bonds is 7. The first kappa shape index (κ1) is 23.8. The third-order valence-corrected chi connectivity index (χ3v) is 7.20. The highest BCUT2D eigenvalue weighted by Crippen LogP contribution is 2.44. The Morgan fingerprint density at radius 3 is 2.32 bits per heavy atom. The van der Waals surface area contributed by atoms with Crippen LogP contribution in [0.3, 0.4) is 0 Å². The first-order valence-electron chi connectivity index (χ1n) is 11.9.